The van der Waals surface area contributed by atoms with Gasteiger partial charge in [-0.2, -0.15) is 0 Å². The third-order valence-corrected chi connectivity index (χ3v) is 3.66. The Morgan fingerprint density at radius 1 is 1.50 bits per heavy atom. The van der Waals surface area contributed by atoms with Crippen LogP contribution < -0.4 is 4.72 Å². The first-order valence-corrected chi connectivity index (χ1v) is 6.80. The van der Waals surface area contributed by atoms with Crippen LogP contribution in [0.2, 0.25) is 0 Å². The van der Waals surface area contributed by atoms with Gasteiger partial charge in [0, 0.05) is 12.4 Å². The fourth-order valence-corrected chi connectivity index (χ4v) is 2.47. The summed E-state index contributed by atoms with van der Waals surface area (Å²) in [6.45, 7) is 1.51. The molecule has 0 saturated carbocycles. The number of sulfonamides is 1. The van der Waals surface area contributed by atoms with Crippen LogP contribution >= 0.6 is 11.6 Å². The lowest BCUT2D eigenvalue weighted by atomic mass is 10.2. The third kappa shape index (κ3) is 3.75. The number of rotatable bonds is 5. The quantitative estimate of drug-likeness (QED) is 0.782. The molecule has 4 nitrogen and oxygen atoms in total. The van der Waals surface area contributed by atoms with Crippen LogP contribution in [-0.4, -0.2) is 26.2 Å². The smallest absolute Gasteiger partial charge is 0.240 e. The van der Waals surface area contributed by atoms with E-state index in [-0.39, 0.29) is 17.3 Å². The molecule has 1 atom stereocenters. The Labute approximate surface area is 100 Å². The van der Waals surface area contributed by atoms with Crippen LogP contribution in [0.25, 0.3) is 0 Å². The highest BCUT2D eigenvalue weighted by Crippen LogP contribution is 2.12. The van der Waals surface area contributed by atoms with Crippen molar-refractivity contribution in [3.8, 4) is 0 Å². The number of aliphatic hydroxyl groups excluding tert-OH is 1. The molecular weight excluding hydrogens is 250 g/mol. The standard InChI is InChI=1S/C10H14ClNO3S/c1-8(13)7-12-16(14,15)10-4-2-3-9(5-10)6-11/h2-5,8,12-13H,6-7H2,1H3/t8-/m1/s1. The highest BCUT2D eigenvalue weighted by molar-refractivity contribution is 7.89. The summed E-state index contributed by atoms with van der Waals surface area (Å²) < 4.78 is 25.8. The highest BCUT2D eigenvalue weighted by Gasteiger charge is 2.14. The summed E-state index contributed by atoms with van der Waals surface area (Å²) in [5, 5.41) is 9.02. The van der Waals surface area contributed by atoms with E-state index in [1.54, 1.807) is 12.1 Å². The molecule has 0 aliphatic carbocycles. The maximum atomic E-state index is 11.7. The molecule has 1 rings (SSSR count). The van der Waals surface area contributed by atoms with E-state index in [4.69, 9.17) is 16.7 Å². The summed E-state index contributed by atoms with van der Waals surface area (Å²) in [4.78, 5) is 0.159. The van der Waals surface area contributed by atoms with Crippen LogP contribution in [0.1, 0.15) is 12.5 Å². The zero-order valence-corrected chi connectivity index (χ0v) is 10.4. The second-order valence-corrected chi connectivity index (χ2v) is 5.52. The Bertz CT molecular complexity index is 445. The molecular formula is C10H14ClNO3S. The van der Waals surface area contributed by atoms with Crippen molar-refractivity contribution in [3.05, 3.63) is 29.8 Å². The molecule has 0 bridgehead atoms. The summed E-state index contributed by atoms with van der Waals surface area (Å²) >= 11 is 5.62. The van der Waals surface area contributed by atoms with E-state index in [2.05, 4.69) is 4.72 Å². The van der Waals surface area contributed by atoms with Crippen molar-refractivity contribution in [3.63, 3.8) is 0 Å². The molecule has 0 spiro atoms. The molecule has 0 aromatic heterocycles. The van der Waals surface area contributed by atoms with Crippen molar-refractivity contribution in [2.24, 2.45) is 0 Å². The van der Waals surface area contributed by atoms with Crippen LogP contribution in [0.5, 0.6) is 0 Å². The van der Waals surface area contributed by atoms with E-state index >= 15 is 0 Å². The van der Waals surface area contributed by atoms with Gasteiger partial charge in [-0.3, -0.25) is 0 Å². The topological polar surface area (TPSA) is 66.4 Å². The molecule has 0 aliphatic heterocycles. The number of hydrogen-bond donors (Lipinski definition) is 2. The van der Waals surface area contributed by atoms with Gasteiger partial charge >= 0.3 is 0 Å². The molecule has 0 amide bonds. The minimum atomic E-state index is -3.56. The van der Waals surface area contributed by atoms with Crippen molar-refractivity contribution in [1.29, 1.82) is 0 Å². The van der Waals surface area contributed by atoms with Gasteiger partial charge in [-0.05, 0) is 24.6 Å². The fraction of sp³-hybridized carbons (Fsp3) is 0.400. The molecule has 6 heteroatoms. The van der Waals surface area contributed by atoms with Crippen LogP contribution in [0.15, 0.2) is 29.2 Å². The number of benzene rings is 1. The Balaban J connectivity index is 2.89. The van der Waals surface area contributed by atoms with Gasteiger partial charge in [0.15, 0.2) is 0 Å². The first-order chi connectivity index (χ1) is 7.45. The normalized spacial score (nSPS) is 13.7. The van der Waals surface area contributed by atoms with Gasteiger partial charge < -0.3 is 5.11 Å². The summed E-state index contributed by atoms with van der Waals surface area (Å²) in [5.74, 6) is 0.264. The molecule has 2 N–H and O–H groups in total. The predicted molar refractivity (Wildman–Crippen MR) is 62.9 cm³/mol. The molecule has 0 fully saturated rings. The summed E-state index contributed by atoms with van der Waals surface area (Å²) in [6.07, 6.45) is -0.717. The van der Waals surface area contributed by atoms with Crippen LogP contribution in [0.4, 0.5) is 0 Å². The lowest BCUT2D eigenvalue weighted by Crippen LogP contribution is -2.30. The Morgan fingerprint density at radius 2 is 2.19 bits per heavy atom. The summed E-state index contributed by atoms with van der Waals surface area (Å²) in [5.41, 5.74) is 0.738. The first-order valence-electron chi connectivity index (χ1n) is 4.78. The summed E-state index contributed by atoms with van der Waals surface area (Å²) in [7, 11) is -3.56. The van der Waals surface area contributed by atoms with E-state index < -0.39 is 16.1 Å². The van der Waals surface area contributed by atoms with E-state index in [9.17, 15) is 8.42 Å². The van der Waals surface area contributed by atoms with E-state index in [1.807, 2.05) is 0 Å². The number of halogens is 1. The van der Waals surface area contributed by atoms with Crippen molar-refractivity contribution < 1.29 is 13.5 Å². The number of aliphatic hydroxyl groups is 1. The van der Waals surface area contributed by atoms with Crippen LogP contribution in [-0.2, 0) is 15.9 Å². The van der Waals surface area contributed by atoms with Crippen molar-refractivity contribution in [2.45, 2.75) is 23.8 Å². The number of alkyl halides is 1. The van der Waals surface area contributed by atoms with Gasteiger partial charge in [0.1, 0.15) is 0 Å². The van der Waals surface area contributed by atoms with Gasteiger partial charge in [-0.25, -0.2) is 13.1 Å². The maximum absolute atomic E-state index is 11.7. The van der Waals surface area contributed by atoms with Gasteiger partial charge in [0.05, 0.1) is 11.0 Å². The largest absolute Gasteiger partial charge is 0.392 e. The second kappa shape index (κ2) is 5.63. The molecule has 1 aromatic carbocycles. The van der Waals surface area contributed by atoms with Gasteiger partial charge in [-0.15, -0.1) is 11.6 Å². The van der Waals surface area contributed by atoms with Crippen molar-refractivity contribution in [1.82, 2.24) is 4.72 Å². The lowest BCUT2D eigenvalue weighted by Gasteiger charge is -2.08. The summed E-state index contributed by atoms with van der Waals surface area (Å²) in [6, 6.07) is 6.38. The molecule has 0 saturated heterocycles. The molecule has 0 aliphatic rings. The number of hydrogen-bond acceptors (Lipinski definition) is 3. The van der Waals surface area contributed by atoms with E-state index in [1.165, 1.54) is 19.1 Å². The average molecular weight is 264 g/mol. The molecule has 0 heterocycles. The lowest BCUT2D eigenvalue weighted by molar-refractivity contribution is 0.198. The zero-order valence-electron chi connectivity index (χ0n) is 8.85. The molecule has 90 valence electrons. The Morgan fingerprint density at radius 3 is 2.75 bits per heavy atom. The third-order valence-electron chi connectivity index (χ3n) is 1.93. The van der Waals surface area contributed by atoms with Gasteiger partial charge in [-0.1, -0.05) is 12.1 Å². The predicted octanol–water partition coefficient (Wildman–Crippen LogP) is 1.08. The first kappa shape index (κ1) is 13.4. The van der Waals surface area contributed by atoms with Crippen LogP contribution in [0, 0.1) is 0 Å². The Hall–Kier alpha value is -0.620. The average Bonchev–Trinajstić information content (AvgIpc) is 2.27. The van der Waals surface area contributed by atoms with Crippen molar-refractivity contribution >= 4 is 21.6 Å². The monoisotopic (exact) mass is 263 g/mol. The molecule has 16 heavy (non-hydrogen) atoms. The molecule has 0 unspecified atom stereocenters. The van der Waals surface area contributed by atoms with Crippen molar-refractivity contribution in [2.75, 3.05) is 6.54 Å². The maximum Gasteiger partial charge on any atom is 0.240 e. The van der Waals surface area contributed by atoms with Crippen LogP contribution in [0.3, 0.4) is 0 Å². The fourth-order valence-electron chi connectivity index (χ4n) is 1.11. The van der Waals surface area contributed by atoms with Gasteiger partial charge in [0.2, 0.25) is 10.0 Å². The van der Waals surface area contributed by atoms with E-state index in [0.717, 1.165) is 5.56 Å². The van der Waals surface area contributed by atoms with E-state index in [0.29, 0.717) is 0 Å². The zero-order chi connectivity index (χ0) is 12.2. The molecule has 1 aromatic rings. The minimum absolute atomic E-state index is 0.00651. The Kier molecular flexibility index (Phi) is 4.73. The highest BCUT2D eigenvalue weighted by atomic mass is 35.5. The molecule has 0 radical (unpaired) electrons. The number of nitrogens with one attached hydrogen (secondary N) is 1. The van der Waals surface area contributed by atoms with Gasteiger partial charge in [0.25, 0.3) is 0 Å². The second-order valence-electron chi connectivity index (χ2n) is 3.48. The SMILES string of the molecule is C[C@@H](O)CNS(=O)(=O)c1cccc(CCl)c1. The minimum Gasteiger partial charge on any atom is -0.392 e.